The highest BCUT2D eigenvalue weighted by atomic mass is 16.5. The van der Waals surface area contributed by atoms with Gasteiger partial charge in [-0.15, -0.1) is 0 Å². The Balaban J connectivity index is 1.09. The van der Waals surface area contributed by atoms with E-state index in [-0.39, 0.29) is 56.8 Å². The second kappa shape index (κ2) is 11.3. The van der Waals surface area contributed by atoms with Crippen LogP contribution in [0.5, 0.6) is 5.75 Å². The predicted octanol–water partition coefficient (Wildman–Crippen LogP) is 6.18. The first-order valence-electron chi connectivity index (χ1n) is 15.5. The lowest BCUT2D eigenvalue weighted by atomic mass is 9.85. The molecule has 0 fully saturated rings. The highest BCUT2D eigenvalue weighted by Crippen LogP contribution is 2.40. The van der Waals surface area contributed by atoms with Crippen molar-refractivity contribution in [2.75, 3.05) is 9.80 Å². The molecular formula is C39H26N2O7. The number of amides is 4. The standard InChI is InChI=1S/C39H26N2O7/c42-32(24-8-3-4-9-24)21-33(43)48-27-11-5-10-26(20-27)41-38(46)30-18-16-28-34-29(17-19-31(35(30)34)39(41)47)37(45)40(36(28)44)25-14-12-23(13-15-25)22-6-1-2-7-22/h1,3-20,24,32,42H,2,21H2. The molecule has 9 heteroatoms. The first kappa shape index (κ1) is 29.2. The van der Waals surface area contributed by atoms with Crippen LogP contribution in [0.2, 0.25) is 0 Å². The summed E-state index contributed by atoms with van der Waals surface area (Å²) in [5.74, 6) is -3.26. The summed E-state index contributed by atoms with van der Waals surface area (Å²) in [5.41, 5.74) is 3.37. The number of carbonyl (C=O) groups is 5. The summed E-state index contributed by atoms with van der Waals surface area (Å²) in [5, 5.41) is 10.9. The molecule has 1 atom stereocenters. The van der Waals surface area contributed by atoms with E-state index in [0.29, 0.717) is 5.69 Å². The molecule has 2 aliphatic carbocycles. The lowest BCUT2D eigenvalue weighted by Crippen LogP contribution is -2.43. The number of hydrogen-bond donors (Lipinski definition) is 1. The second-order valence-electron chi connectivity index (χ2n) is 11.9. The Kier molecular flexibility index (Phi) is 6.85. The lowest BCUT2D eigenvalue weighted by Gasteiger charge is -2.32. The average molecular weight is 635 g/mol. The fraction of sp³-hybridized carbons (Fsp3) is 0.103. The maximum absolute atomic E-state index is 13.9. The van der Waals surface area contributed by atoms with Crippen molar-refractivity contribution in [2.24, 2.45) is 5.92 Å². The molecule has 4 amide bonds. The van der Waals surface area contributed by atoms with Crippen LogP contribution in [0.1, 0.15) is 59.8 Å². The monoisotopic (exact) mass is 634 g/mol. The Bertz CT molecular complexity index is 2160. The minimum atomic E-state index is -0.956. The molecule has 4 aliphatic rings. The van der Waals surface area contributed by atoms with Gasteiger partial charge in [0.05, 0.1) is 23.9 Å². The third-order valence-electron chi connectivity index (χ3n) is 9.03. The largest absolute Gasteiger partial charge is 0.426 e. The van der Waals surface area contributed by atoms with Gasteiger partial charge in [-0.25, -0.2) is 9.80 Å². The van der Waals surface area contributed by atoms with Crippen molar-refractivity contribution in [2.45, 2.75) is 18.9 Å². The highest BCUT2D eigenvalue weighted by molar-refractivity contribution is 6.42. The maximum atomic E-state index is 13.9. The summed E-state index contributed by atoms with van der Waals surface area (Å²) in [6.45, 7) is 0. The van der Waals surface area contributed by atoms with Crippen LogP contribution in [0.4, 0.5) is 11.4 Å². The number of ether oxygens (including phenoxy) is 1. The van der Waals surface area contributed by atoms with E-state index in [1.165, 1.54) is 36.4 Å². The zero-order valence-corrected chi connectivity index (χ0v) is 25.3. The fourth-order valence-electron chi connectivity index (χ4n) is 6.69. The van der Waals surface area contributed by atoms with Crippen LogP contribution in [0.3, 0.4) is 0 Å². The third kappa shape index (κ3) is 4.63. The van der Waals surface area contributed by atoms with Crippen LogP contribution in [0.25, 0.3) is 16.3 Å². The summed E-state index contributed by atoms with van der Waals surface area (Å²) < 4.78 is 5.45. The summed E-state index contributed by atoms with van der Waals surface area (Å²) in [4.78, 5) is 70.2. The molecule has 1 unspecified atom stereocenters. The Morgan fingerprint density at radius 3 is 1.85 bits per heavy atom. The third-order valence-corrected chi connectivity index (χ3v) is 9.03. The van der Waals surface area contributed by atoms with Crippen molar-refractivity contribution in [3.8, 4) is 5.75 Å². The van der Waals surface area contributed by atoms with Crippen LogP contribution in [0, 0.1) is 5.92 Å². The number of allylic oxidation sites excluding steroid dienone is 6. The predicted molar refractivity (Wildman–Crippen MR) is 179 cm³/mol. The fourth-order valence-corrected chi connectivity index (χ4v) is 6.69. The minimum absolute atomic E-state index is 0.0969. The smallest absolute Gasteiger partial charge is 0.313 e. The molecule has 0 spiro atoms. The van der Waals surface area contributed by atoms with Crippen LogP contribution in [-0.4, -0.2) is 40.8 Å². The molecule has 0 bridgehead atoms. The van der Waals surface area contributed by atoms with Gasteiger partial charge in [-0.1, -0.05) is 60.7 Å². The molecule has 0 aromatic heterocycles. The van der Waals surface area contributed by atoms with Crippen LogP contribution >= 0.6 is 0 Å². The zero-order valence-electron chi connectivity index (χ0n) is 25.3. The number of imide groups is 2. The summed E-state index contributed by atoms with van der Waals surface area (Å²) >= 11 is 0. The van der Waals surface area contributed by atoms with E-state index in [0.717, 1.165) is 27.4 Å². The quantitative estimate of drug-likeness (QED) is 0.146. The molecule has 0 saturated carbocycles. The Labute approximate surface area is 274 Å². The van der Waals surface area contributed by atoms with Crippen molar-refractivity contribution in [3.05, 3.63) is 143 Å². The van der Waals surface area contributed by atoms with E-state index in [1.807, 2.05) is 18.2 Å². The summed E-state index contributed by atoms with van der Waals surface area (Å²) in [6, 6.07) is 19.2. The van der Waals surface area contributed by atoms with Gasteiger partial charge in [0.2, 0.25) is 0 Å². The van der Waals surface area contributed by atoms with Crippen molar-refractivity contribution >= 4 is 57.3 Å². The Morgan fingerprint density at radius 1 is 0.750 bits per heavy atom. The van der Waals surface area contributed by atoms with E-state index in [1.54, 1.807) is 48.6 Å². The Morgan fingerprint density at radius 2 is 1.31 bits per heavy atom. The van der Waals surface area contributed by atoms with Crippen LogP contribution in [0.15, 0.2) is 115 Å². The van der Waals surface area contributed by atoms with Gasteiger partial charge in [0.15, 0.2) is 0 Å². The van der Waals surface area contributed by atoms with Gasteiger partial charge in [0, 0.05) is 45.0 Å². The molecule has 0 radical (unpaired) electrons. The molecule has 4 aromatic rings. The number of rotatable bonds is 7. The number of esters is 1. The Hall–Kier alpha value is -6.19. The molecule has 8 rings (SSSR count). The normalized spacial score (nSPS) is 17.1. The van der Waals surface area contributed by atoms with Gasteiger partial charge in [0.1, 0.15) is 5.75 Å². The van der Waals surface area contributed by atoms with Gasteiger partial charge < -0.3 is 9.84 Å². The lowest BCUT2D eigenvalue weighted by molar-refractivity contribution is -0.136. The zero-order chi connectivity index (χ0) is 33.1. The molecule has 48 heavy (non-hydrogen) atoms. The van der Waals surface area contributed by atoms with Crippen molar-refractivity contribution in [1.82, 2.24) is 0 Å². The van der Waals surface area contributed by atoms with Crippen molar-refractivity contribution in [1.29, 1.82) is 0 Å². The molecule has 9 nitrogen and oxygen atoms in total. The van der Waals surface area contributed by atoms with Crippen molar-refractivity contribution < 1.29 is 33.8 Å². The highest BCUT2D eigenvalue weighted by Gasteiger charge is 2.40. The second-order valence-corrected chi connectivity index (χ2v) is 11.9. The SMILES string of the molecule is O=C(CC(O)C1C=CC=C1)Oc1cccc(N2C(=O)c3ccc4c5c(ccc(c35)C2=O)C(=O)N(c2ccc(C3=CCC=C3)cc2)C4=O)c1. The minimum Gasteiger partial charge on any atom is -0.426 e. The molecule has 4 aromatic carbocycles. The topological polar surface area (TPSA) is 121 Å². The number of hydrogen-bond acceptors (Lipinski definition) is 7. The van der Waals surface area contributed by atoms with Crippen molar-refractivity contribution in [3.63, 3.8) is 0 Å². The average Bonchev–Trinajstić information content (AvgIpc) is 3.83. The van der Waals surface area contributed by atoms with Gasteiger partial charge in [-0.3, -0.25) is 24.0 Å². The molecule has 234 valence electrons. The molecule has 1 N–H and O–H groups in total. The first-order valence-corrected chi connectivity index (χ1v) is 15.5. The number of benzene rings is 4. The number of aliphatic hydroxyl groups excluding tert-OH is 1. The van der Waals surface area contributed by atoms with Gasteiger partial charge in [0.25, 0.3) is 23.6 Å². The maximum Gasteiger partial charge on any atom is 0.313 e. The van der Waals surface area contributed by atoms with E-state index in [9.17, 15) is 29.1 Å². The number of anilines is 2. The number of aliphatic hydroxyl groups is 1. The van der Waals surface area contributed by atoms with Gasteiger partial charge in [-0.2, -0.15) is 0 Å². The van der Waals surface area contributed by atoms with Gasteiger partial charge >= 0.3 is 5.97 Å². The van der Waals surface area contributed by atoms with E-state index < -0.39 is 35.7 Å². The van der Waals surface area contributed by atoms with E-state index >= 15 is 0 Å². The van der Waals surface area contributed by atoms with Crippen LogP contribution < -0.4 is 14.5 Å². The van der Waals surface area contributed by atoms with E-state index in [2.05, 4.69) is 12.2 Å². The summed E-state index contributed by atoms with van der Waals surface area (Å²) in [7, 11) is 0. The number of carbonyl (C=O) groups excluding carboxylic acids is 5. The molecule has 2 aliphatic heterocycles. The summed E-state index contributed by atoms with van der Waals surface area (Å²) in [6.07, 6.45) is 13.0. The molecule has 0 saturated heterocycles. The first-order chi connectivity index (χ1) is 23.3. The molecule has 2 heterocycles. The molecular weight excluding hydrogens is 608 g/mol. The number of nitrogens with zero attached hydrogens (tertiary/aromatic N) is 2. The van der Waals surface area contributed by atoms with E-state index in [4.69, 9.17) is 4.74 Å². The van der Waals surface area contributed by atoms with Crippen LogP contribution in [-0.2, 0) is 4.79 Å². The van der Waals surface area contributed by atoms with Gasteiger partial charge in [-0.05, 0) is 66.1 Å².